The van der Waals surface area contributed by atoms with Crippen molar-refractivity contribution in [1.82, 2.24) is 15.2 Å². The summed E-state index contributed by atoms with van der Waals surface area (Å²) in [5.41, 5.74) is 4.73. The first-order valence-electron chi connectivity index (χ1n) is 3.13. The molecule has 2 atom stereocenters. The molecule has 12 heavy (non-hydrogen) atoms. The van der Waals surface area contributed by atoms with E-state index in [9.17, 15) is 4.79 Å². The summed E-state index contributed by atoms with van der Waals surface area (Å²) in [6.07, 6.45) is -1.98. The van der Waals surface area contributed by atoms with Crippen LogP contribution in [0, 0.1) is 0 Å². The highest BCUT2D eigenvalue weighted by molar-refractivity contribution is 5.79. The second-order valence-corrected chi connectivity index (χ2v) is 2.16. The molecule has 2 unspecified atom stereocenters. The SMILES string of the molecule is NC(=O)C(O)C(O)c1ncn[nH]1. The Morgan fingerprint density at radius 2 is 2.33 bits per heavy atom. The van der Waals surface area contributed by atoms with E-state index in [1.165, 1.54) is 0 Å². The second kappa shape index (κ2) is 3.28. The van der Waals surface area contributed by atoms with E-state index >= 15 is 0 Å². The van der Waals surface area contributed by atoms with Crippen molar-refractivity contribution in [2.75, 3.05) is 0 Å². The fourth-order valence-corrected chi connectivity index (χ4v) is 0.663. The van der Waals surface area contributed by atoms with Gasteiger partial charge < -0.3 is 15.9 Å². The normalized spacial score (nSPS) is 15.5. The molecule has 1 heterocycles. The van der Waals surface area contributed by atoms with E-state index < -0.39 is 18.1 Å². The molecule has 66 valence electrons. The van der Waals surface area contributed by atoms with Crippen molar-refractivity contribution in [2.45, 2.75) is 12.2 Å². The number of rotatable bonds is 3. The number of carbonyl (C=O) groups excluding carboxylic acids is 1. The summed E-state index contributed by atoms with van der Waals surface area (Å²) in [6.45, 7) is 0. The molecule has 1 amide bonds. The molecule has 0 spiro atoms. The number of nitrogens with two attached hydrogens (primary N) is 1. The average Bonchev–Trinajstić information content (AvgIpc) is 2.53. The van der Waals surface area contributed by atoms with E-state index in [2.05, 4.69) is 15.2 Å². The van der Waals surface area contributed by atoms with Gasteiger partial charge in [0.2, 0.25) is 5.91 Å². The lowest BCUT2D eigenvalue weighted by Crippen LogP contribution is -2.34. The Morgan fingerprint density at radius 1 is 1.67 bits per heavy atom. The van der Waals surface area contributed by atoms with Crippen LogP contribution in [0.1, 0.15) is 11.9 Å². The fourth-order valence-electron chi connectivity index (χ4n) is 0.663. The number of amides is 1. The smallest absolute Gasteiger partial charge is 0.249 e. The van der Waals surface area contributed by atoms with E-state index in [1.54, 1.807) is 0 Å². The number of hydrogen-bond acceptors (Lipinski definition) is 5. The molecule has 1 aromatic rings. The highest BCUT2D eigenvalue weighted by Crippen LogP contribution is 2.09. The summed E-state index contributed by atoms with van der Waals surface area (Å²) in [7, 11) is 0. The summed E-state index contributed by atoms with van der Waals surface area (Å²) < 4.78 is 0. The molecule has 0 saturated heterocycles. The topological polar surface area (TPSA) is 125 Å². The number of H-pyrrole nitrogens is 1. The lowest BCUT2D eigenvalue weighted by Gasteiger charge is -2.10. The molecule has 0 fully saturated rings. The van der Waals surface area contributed by atoms with Crippen LogP contribution in [0.25, 0.3) is 0 Å². The zero-order chi connectivity index (χ0) is 9.14. The highest BCUT2D eigenvalue weighted by Gasteiger charge is 2.25. The largest absolute Gasteiger partial charge is 0.382 e. The number of carbonyl (C=O) groups is 1. The van der Waals surface area contributed by atoms with Crippen molar-refractivity contribution in [1.29, 1.82) is 0 Å². The first kappa shape index (κ1) is 8.62. The average molecular weight is 172 g/mol. The van der Waals surface area contributed by atoms with Crippen LogP contribution < -0.4 is 5.73 Å². The minimum atomic E-state index is -1.67. The van der Waals surface area contributed by atoms with E-state index in [4.69, 9.17) is 15.9 Å². The summed E-state index contributed by atoms with van der Waals surface area (Å²) >= 11 is 0. The van der Waals surface area contributed by atoms with Crippen LogP contribution in [0.5, 0.6) is 0 Å². The molecule has 1 aromatic heterocycles. The standard InChI is InChI=1S/C5H8N4O3/c6-4(12)2(10)3(11)5-7-1-8-9-5/h1-3,10-11H,(H2,6,12)(H,7,8,9). The maximum Gasteiger partial charge on any atom is 0.249 e. The van der Waals surface area contributed by atoms with Gasteiger partial charge in [0, 0.05) is 0 Å². The zero-order valence-electron chi connectivity index (χ0n) is 6.01. The van der Waals surface area contributed by atoms with Gasteiger partial charge >= 0.3 is 0 Å². The molecule has 0 saturated carbocycles. The first-order valence-corrected chi connectivity index (χ1v) is 3.13. The van der Waals surface area contributed by atoms with Gasteiger partial charge in [0.05, 0.1) is 0 Å². The van der Waals surface area contributed by atoms with Crippen LogP contribution >= 0.6 is 0 Å². The van der Waals surface area contributed by atoms with Gasteiger partial charge in [-0.1, -0.05) is 0 Å². The maximum absolute atomic E-state index is 10.4. The monoisotopic (exact) mass is 172 g/mol. The van der Waals surface area contributed by atoms with Crippen LogP contribution in [-0.4, -0.2) is 37.4 Å². The Morgan fingerprint density at radius 3 is 2.75 bits per heavy atom. The minimum absolute atomic E-state index is 0.00120. The predicted molar refractivity (Wildman–Crippen MR) is 36.5 cm³/mol. The number of aliphatic hydroxyl groups is 2. The number of hydrogen-bond donors (Lipinski definition) is 4. The molecule has 0 aromatic carbocycles. The predicted octanol–water partition coefficient (Wildman–Crippen LogP) is -2.32. The number of aliphatic hydroxyl groups excluding tert-OH is 2. The summed E-state index contributed by atoms with van der Waals surface area (Å²) in [4.78, 5) is 13.9. The van der Waals surface area contributed by atoms with E-state index in [-0.39, 0.29) is 5.82 Å². The van der Waals surface area contributed by atoms with Crippen molar-refractivity contribution in [3.8, 4) is 0 Å². The van der Waals surface area contributed by atoms with Crippen LogP contribution in [0.2, 0.25) is 0 Å². The Balaban J connectivity index is 2.71. The molecular weight excluding hydrogens is 164 g/mol. The minimum Gasteiger partial charge on any atom is -0.382 e. The third-order valence-corrected chi connectivity index (χ3v) is 1.30. The number of aromatic amines is 1. The molecule has 7 nitrogen and oxygen atoms in total. The second-order valence-electron chi connectivity index (χ2n) is 2.16. The first-order chi connectivity index (χ1) is 5.63. The van der Waals surface area contributed by atoms with Crippen molar-refractivity contribution in [2.24, 2.45) is 5.73 Å². The van der Waals surface area contributed by atoms with Crippen LogP contribution in [0.15, 0.2) is 6.33 Å². The molecule has 0 aliphatic rings. The Hall–Kier alpha value is -1.47. The molecule has 0 bridgehead atoms. The molecule has 7 heteroatoms. The highest BCUT2D eigenvalue weighted by atomic mass is 16.3. The third-order valence-electron chi connectivity index (χ3n) is 1.30. The van der Waals surface area contributed by atoms with Crippen molar-refractivity contribution < 1.29 is 15.0 Å². The molecule has 0 radical (unpaired) electrons. The van der Waals surface area contributed by atoms with Gasteiger partial charge in [0.25, 0.3) is 0 Å². The summed E-state index contributed by atoms with van der Waals surface area (Å²) in [5.74, 6) is -1.01. The molecule has 0 aliphatic carbocycles. The van der Waals surface area contributed by atoms with Crippen molar-refractivity contribution in [3.05, 3.63) is 12.2 Å². The van der Waals surface area contributed by atoms with Crippen LogP contribution in [-0.2, 0) is 4.79 Å². The van der Waals surface area contributed by atoms with Crippen LogP contribution in [0.4, 0.5) is 0 Å². The lowest BCUT2D eigenvalue weighted by molar-refractivity contribution is -0.132. The molecule has 5 N–H and O–H groups in total. The lowest BCUT2D eigenvalue weighted by atomic mass is 10.2. The number of primary amides is 1. The van der Waals surface area contributed by atoms with Gasteiger partial charge in [-0.05, 0) is 0 Å². The van der Waals surface area contributed by atoms with Gasteiger partial charge in [-0.25, -0.2) is 4.98 Å². The number of nitrogens with zero attached hydrogens (tertiary/aromatic N) is 2. The number of nitrogens with one attached hydrogen (secondary N) is 1. The van der Waals surface area contributed by atoms with Gasteiger partial charge in [-0.15, -0.1) is 0 Å². The van der Waals surface area contributed by atoms with Gasteiger partial charge in [0.1, 0.15) is 12.4 Å². The molecule has 0 aliphatic heterocycles. The van der Waals surface area contributed by atoms with Gasteiger partial charge in [-0.2, -0.15) is 5.10 Å². The number of aromatic nitrogens is 3. The molecular formula is C5H8N4O3. The van der Waals surface area contributed by atoms with Crippen molar-refractivity contribution >= 4 is 5.91 Å². The van der Waals surface area contributed by atoms with E-state index in [1.807, 2.05) is 0 Å². The van der Waals surface area contributed by atoms with E-state index in [0.29, 0.717) is 0 Å². The van der Waals surface area contributed by atoms with Gasteiger partial charge in [0.15, 0.2) is 11.9 Å². The maximum atomic E-state index is 10.4. The Kier molecular flexibility index (Phi) is 2.36. The van der Waals surface area contributed by atoms with E-state index in [0.717, 1.165) is 6.33 Å². The van der Waals surface area contributed by atoms with Gasteiger partial charge in [-0.3, -0.25) is 9.89 Å². The fraction of sp³-hybridized carbons (Fsp3) is 0.400. The Labute approximate surface area is 67.2 Å². The Bertz CT molecular complexity index is 260. The quantitative estimate of drug-likeness (QED) is 0.407. The van der Waals surface area contributed by atoms with Crippen LogP contribution in [0.3, 0.4) is 0 Å². The third kappa shape index (κ3) is 1.57. The molecule has 1 rings (SSSR count). The zero-order valence-corrected chi connectivity index (χ0v) is 6.01. The van der Waals surface area contributed by atoms with Crippen molar-refractivity contribution in [3.63, 3.8) is 0 Å². The summed E-state index contributed by atoms with van der Waals surface area (Å²) in [5, 5.41) is 23.8. The summed E-state index contributed by atoms with van der Waals surface area (Å²) in [6, 6.07) is 0.